The van der Waals surface area contributed by atoms with Crippen molar-refractivity contribution in [2.75, 3.05) is 0 Å². The van der Waals surface area contributed by atoms with Crippen molar-refractivity contribution in [3.8, 4) is 0 Å². The van der Waals surface area contributed by atoms with E-state index in [-0.39, 0.29) is 6.04 Å². The molecule has 0 spiro atoms. The van der Waals surface area contributed by atoms with Gasteiger partial charge < -0.3 is 10.8 Å². The van der Waals surface area contributed by atoms with Gasteiger partial charge in [-0.1, -0.05) is 0 Å². The van der Waals surface area contributed by atoms with E-state index in [2.05, 4.69) is 0 Å². The van der Waals surface area contributed by atoms with E-state index < -0.39 is 18.3 Å². The van der Waals surface area contributed by atoms with Gasteiger partial charge in [0.2, 0.25) is 0 Å². The summed E-state index contributed by atoms with van der Waals surface area (Å²) < 4.78 is 43.1. The van der Waals surface area contributed by atoms with Crippen molar-refractivity contribution >= 4 is 5.97 Å². The van der Waals surface area contributed by atoms with E-state index in [1.807, 2.05) is 0 Å². The van der Waals surface area contributed by atoms with Crippen LogP contribution in [0.25, 0.3) is 0 Å². The molecule has 3 N–H and O–H groups in total. The van der Waals surface area contributed by atoms with Gasteiger partial charge in [-0.3, -0.25) is 0 Å². The number of aliphatic carboxylic acids is 1. The molecule has 0 heterocycles. The third kappa shape index (κ3) is 4.89. The van der Waals surface area contributed by atoms with Crippen molar-refractivity contribution in [1.82, 2.24) is 0 Å². The first-order chi connectivity index (χ1) is 5.25. The molecule has 0 aromatic rings. The van der Waals surface area contributed by atoms with Crippen LogP contribution in [-0.4, -0.2) is 29.5 Å². The third-order valence-electron chi connectivity index (χ3n) is 1.00. The first-order valence-electron chi connectivity index (χ1n) is 2.95. The maximum atomic E-state index is 11.4. The van der Waals surface area contributed by atoms with Crippen LogP contribution in [0.3, 0.4) is 0 Å². The van der Waals surface area contributed by atoms with Crippen LogP contribution in [0, 0.1) is 0 Å². The average Bonchev–Trinajstić information content (AvgIpc) is 2.44. The van der Waals surface area contributed by atoms with E-state index in [1.54, 1.807) is 0 Å². The molecule has 3 nitrogen and oxygen atoms in total. The van der Waals surface area contributed by atoms with Gasteiger partial charge in [0.1, 0.15) is 6.17 Å². The van der Waals surface area contributed by atoms with E-state index in [9.17, 15) is 17.6 Å². The summed E-state index contributed by atoms with van der Waals surface area (Å²) in [6.07, 6.45) is -5.17. The van der Waals surface area contributed by atoms with Crippen LogP contribution in [0.2, 0.25) is 0 Å². The molecule has 72 valence electrons. The Bertz CT molecular complexity index is 163. The largest absolute Gasteiger partial charge is 0.490 e. The van der Waals surface area contributed by atoms with E-state index in [4.69, 9.17) is 15.6 Å². The number of rotatable bonds is 0. The van der Waals surface area contributed by atoms with Crippen LogP contribution in [0.4, 0.5) is 17.6 Å². The monoisotopic (exact) mass is 189 g/mol. The lowest BCUT2D eigenvalue weighted by Gasteiger charge is -1.93. The Morgan fingerprint density at radius 3 is 1.67 bits per heavy atom. The summed E-state index contributed by atoms with van der Waals surface area (Å²) in [5.74, 6) is -2.76. The predicted molar refractivity (Wildman–Crippen MR) is 31.2 cm³/mol. The smallest absolute Gasteiger partial charge is 0.475 e. The fraction of sp³-hybridized carbons (Fsp3) is 0.800. The van der Waals surface area contributed by atoms with Gasteiger partial charge in [-0.05, 0) is 6.42 Å². The summed E-state index contributed by atoms with van der Waals surface area (Å²) in [7, 11) is 0. The minimum atomic E-state index is -5.08. The maximum absolute atomic E-state index is 11.4. The molecule has 0 aromatic carbocycles. The lowest BCUT2D eigenvalue weighted by molar-refractivity contribution is -0.192. The summed E-state index contributed by atoms with van der Waals surface area (Å²) in [5, 5.41) is 7.12. The molecule has 0 unspecified atom stereocenters. The number of carbonyl (C=O) groups is 1. The van der Waals surface area contributed by atoms with Crippen LogP contribution < -0.4 is 5.73 Å². The molecule has 1 rings (SSSR count). The second kappa shape index (κ2) is 3.70. The highest BCUT2D eigenvalue weighted by Crippen LogP contribution is 2.21. The second-order valence-electron chi connectivity index (χ2n) is 2.22. The summed E-state index contributed by atoms with van der Waals surface area (Å²) in [4.78, 5) is 8.90. The Balaban J connectivity index is 0.000000211. The lowest BCUT2D eigenvalue weighted by Crippen LogP contribution is -2.21. The summed E-state index contributed by atoms with van der Waals surface area (Å²) in [6.45, 7) is 0. The summed E-state index contributed by atoms with van der Waals surface area (Å²) in [5.41, 5.74) is 4.99. The fourth-order valence-electron chi connectivity index (χ4n) is 0.181. The first-order valence-corrected chi connectivity index (χ1v) is 2.95. The first kappa shape index (κ1) is 11.2. The number of hydrogen-bond acceptors (Lipinski definition) is 2. The number of hydrogen-bond donors (Lipinski definition) is 2. The van der Waals surface area contributed by atoms with Crippen molar-refractivity contribution in [2.24, 2.45) is 5.73 Å². The number of nitrogens with two attached hydrogens (primary N) is 1. The molecule has 7 heteroatoms. The molecule has 0 aliphatic heterocycles. The van der Waals surface area contributed by atoms with Crippen LogP contribution in [0.15, 0.2) is 0 Å². The zero-order valence-corrected chi connectivity index (χ0v) is 5.81. The van der Waals surface area contributed by atoms with Gasteiger partial charge in [-0.15, -0.1) is 0 Å². The molecule has 0 radical (unpaired) electrons. The quantitative estimate of drug-likeness (QED) is 0.551. The summed E-state index contributed by atoms with van der Waals surface area (Å²) in [6, 6.07) is -0.116. The Kier molecular flexibility index (Phi) is 3.44. The molecular weight excluding hydrogens is 182 g/mol. The van der Waals surface area contributed by atoms with E-state index in [0.29, 0.717) is 6.42 Å². The van der Waals surface area contributed by atoms with Crippen molar-refractivity contribution in [1.29, 1.82) is 0 Å². The highest BCUT2D eigenvalue weighted by molar-refractivity contribution is 5.73. The highest BCUT2D eigenvalue weighted by Gasteiger charge is 2.38. The molecule has 0 bridgehead atoms. The topological polar surface area (TPSA) is 63.3 Å². The minimum absolute atomic E-state index is 0.116. The Labute approximate surface area is 65.2 Å². The zero-order valence-electron chi connectivity index (χ0n) is 5.81. The van der Waals surface area contributed by atoms with Crippen molar-refractivity contribution in [3.63, 3.8) is 0 Å². The van der Waals surface area contributed by atoms with Crippen LogP contribution in [0.5, 0.6) is 0 Å². The lowest BCUT2D eigenvalue weighted by atomic mass is 10.7. The number of carboxylic acids is 1. The van der Waals surface area contributed by atoms with Crippen molar-refractivity contribution in [3.05, 3.63) is 0 Å². The molecule has 12 heavy (non-hydrogen) atoms. The Hall–Kier alpha value is -0.850. The standard InChI is InChI=1S/C3H6FN.C2HF3O2/c4-2-1-3(2)5;3-2(4,5)1(6)7/h2-3H,1,5H2;(H,6,7)/t2-,3+;/m0./s1. The Morgan fingerprint density at radius 1 is 1.50 bits per heavy atom. The average molecular weight is 189 g/mol. The number of halogens is 4. The van der Waals surface area contributed by atoms with Crippen molar-refractivity contribution in [2.45, 2.75) is 24.8 Å². The van der Waals surface area contributed by atoms with E-state index >= 15 is 0 Å². The molecule has 1 fully saturated rings. The SMILES string of the molecule is N[C@@H]1C[C@@H]1F.O=C(O)C(F)(F)F. The molecule has 0 saturated heterocycles. The predicted octanol–water partition coefficient (Wildman–Crippen LogP) is 0.689. The number of carboxylic acid groups (broad SMARTS) is 1. The fourth-order valence-corrected chi connectivity index (χ4v) is 0.181. The normalized spacial score (nSPS) is 27.1. The molecule has 1 aliphatic carbocycles. The van der Waals surface area contributed by atoms with Crippen LogP contribution in [0.1, 0.15) is 6.42 Å². The highest BCUT2D eigenvalue weighted by atomic mass is 19.4. The van der Waals surface area contributed by atoms with Gasteiger partial charge in [0.15, 0.2) is 0 Å². The molecule has 0 amide bonds. The molecular formula is C5H7F4NO2. The van der Waals surface area contributed by atoms with Gasteiger partial charge in [0.25, 0.3) is 0 Å². The van der Waals surface area contributed by atoms with Crippen LogP contribution >= 0.6 is 0 Å². The Morgan fingerprint density at radius 2 is 1.67 bits per heavy atom. The van der Waals surface area contributed by atoms with Gasteiger partial charge >= 0.3 is 12.1 Å². The van der Waals surface area contributed by atoms with Gasteiger partial charge in [0.05, 0.1) is 0 Å². The van der Waals surface area contributed by atoms with Gasteiger partial charge in [0, 0.05) is 6.04 Å². The number of alkyl halides is 4. The van der Waals surface area contributed by atoms with E-state index in [1.165, 1.54) is 0 Å². The van der Waals surface area contributed by atoms with Crippen LogP contribution in [-0.2, 0) is 4.79 Å². The minimum Gasteiger partial charge on any atom is -0.475 e. The van der Waals surface area contributed by atoms with Crippen molar-refractivity contribution < 1.29 is 27.5 Å². The van der Waals surface area contributed by atoms with E-state index in [0.717, 1.165) is 0 Å². The summed E-state index contributed by atoms with van der Waals surface area (Å²) >= 11 is 0. The molecule has 1 saturated carbocycles. The molecule has 1 aliphatic rings. The van der Waals surface area contributed by atoms with Gasteiger partial charge in [-0.2, -0.15) is 13.2 Å². The molecule has 2 atom stereocenters. The zero-order chi connectivity index (χ0) is 9.94. The third-order valence-corrected chi connectivity index (χ3v) is 1.00. The molecule has 0 aromatic heterocycles. The van der Waals surface area contributed by atoms with Gasteiger partial charge in [-0.25, -0.2) is 9.18 Å². The maximum Gasteiger partial charge on any atom is 0.490 e. The second-order valence-corrected chi connectivity index (χ2v) is 2.22.